The minimum absolute atomic E-state index is 0. The molecule has 0 spiro atoms. The van der Waals surface area contributed by atoms with Crippen molar-refractivity contribution < 1.29 is 42.3 Å². The molecule has 0 aromatic rings. The molecule has 0 aliphatic rings. The zero-order valence-electron chi connectivity index (χ0n) is 14.7. The molecule has 0 aliphatic carbocycles. The Bertz CT molecular complexity index is 189. The van der Waals surface area contributed by atoms with Crippen LogP contribution in [0.5, 0.6) is 0 Å². The summed E-state index contributed by atoms with van der Waals surface area (Å²) in [6, 6.07) is 0. The molecule has 0 N–H and O–H groups in total. The number of hydrogen-bond donors (Lipinski definition) is 0. The van der Waals surface area contributed by atoms with E-state index in [1.165, 1.54) is 25.7 Å². The first kappa shape index (κ1) is 28.6. The molecule has 0 saturated carbocycles. The van der Waals surface area contributed by atoms with E-state index < -0.39 is 5.41 Å². The Morgan fingerprint density at radius 2 is 1.35 bits per heavy atom. The molecule has 0 rings (SSSR count). The number of rotatable bonds is 7. The van der Waals surface area contributed by atoms with Crippen molar-refractivity contribution in [2.75, 3.05) is 0 Å². The Kier molecular flexibility index (Phi) is 31.1. The van der Waals surface area contributed by atoms with Crippen LogP contribution in [-0.4, -0.2) is 12.6 Å². The van der Waals surface area contributed by atoms with Crippen LogP contribution in [0.25, 0.3) is 0 Å². The molecule has 1 unspecified atom stereocenters. The van der Waals surface area contributed by atoms with E-state index in [9.17, 15) is 9.59 Å². The van der Waals surface area contributed by atoms with Gasteiger partial charge in [-0.05, 0) is 5.92 Å². The molecule has 0 aromatic carbocycles. The monoisotopic (exact) mass is 359 g/mol. The molecule has 0 saturated heterocycles. The van der Waals surface area contributed by atoms with Crippen LogP contribution < -0.4 is 0 Å². The van der Waals surface area contributed by atoms with Gasteiger partial charge in [0.2, 0.25) is 0 Å². The topological polar surface area (TPSA) is 34.1 Å². The fourth-order valence-corrected chi connectivity index (χ4v) is 0.681. The van der Waals surface area contributed by atoms with Crippen LogP contribution in [0, 0.1) is 11.3 Å². The largest absolute Gasteiger partial charge is 0.542 e. The Balaban J connectivity index is -0.000000102. The van der Waals surface area contributed by atoms with Gasteiger partial charge in [-0.1, -0.05) is 80.6 Å². The summed E-state index contributed by atoms with van der Waals surface area (Å²) in [6.07, 6.45) is 9.62. The van der Waals surface area contributed by atoms with Crippen molar-refractivity contribution in [3.63, 3.8) is 0 Å². The fourth-order valence-electron chi connectivity index (χ4n) is 0.681. The molecule has 20 heavy (non-hydrogen) atoms. The molecule has 0 aliphatic heterocycles. The molecule has 2 nitrogen and oxygen atoms in total. The predicted molar refractivity (Wildman–Crippen MR) is 84.7 cm³/mol. The molecule has 1 radical (unpaired) electrons. The first-order valence-corrected chi connectivity index (χ1v) is 7.65. The van der Waals surface area contributed by atoms with E-state index in [1.807, 2.05) is 13.2 Å². The summed E-state index contributed by atoms with van der Waals surface area (Å²) in [5.74, 6) is 0.935. The van der Waals surface area contributed by atoms with Crippen molar-refractivity contribution in [1.82, 2.24) is 0 Å². The number of hydrogen-bond acceptors (Lipinski definition) is 2. The Hall–Kier alpha value is 0.444. The molecular formula is C17H34O2Y-2. The van der Waals surface area contributed by atoms with Crippen molar-refractivity contribution >= 4 is 12.6 Å². The van der Waals surface area contributed by atoms with Gasteiger partial charge in [-0.3, -0.25) is 12.6 Å². The van der Waals surface area contributed by atoms with Gasteiger partial charge in [-0.2, -0.15) is 11.8 Å². The maximum absolute atomic E-state index is 10.1. The van der Waals surface area contributed by atoms with E-state index in [0.717, 1.165) is 5.92 Å². The van der Waals surface area contributed by atoms with Gasteiger partial charge in [0.25, 0.3) is 0 Å². The quantitative estimate of drug-likeness (QED) is 0.581. The second kappa shape index (κ2) is 21.7. The Morgan fingerprint density at radius 1 is 0.950 bits per heavy atom. The van der Waals surface area contributed by atoms with Gasteiger partial charge in [0.05, 0.1) is 0 Å². The van der Waals surface area contributed by atoms with Crippen molar-refractivity contribution in [2.45, 2.75) is 87.0 Å². The Morgan fingerprint density at radius 3 is 1.40 bits per heavy atom. The molecule has 0 fully saturated rings. The zero-order chi connectivity index (χ0) is 15.7. The third kappa shape index (κ3) is 23.5. The first-order valence-electron chi connectivity index (χ1n) is 7.65. The van der Waals surface area contributed by atoms with E-state index in [0.29, 0.717) is 6.42 Å². The van der Waals surface area contributed by atoms with Gasteiger partial charge in [0.15, 0.2) is 0 Å². The first-order chi connectivity index (χ1) is 8.90. The summed E-state index contributed by atoms with van der Waals surface area (Å²) < 4.78 is 0. The normalized spacial score (nSPS) is 11.8. The summed E-state index contributed by atoms with van der Waals surface area (Å²) in [5, 5.41) is 0. The van der Waals surface area contributed by atoms with Gasteiger partial charge in [0, 0.05) is 32.7 Å². The SMILES string of the molecule is CCC(C)([C-]=O)C[C-]=O.CCC(C)CC.CCCC.[Y]. The van der Waals surface area contributed by atoms with Crippen LogP contribution >= 0.6 is 0 Å². The maximum atomic E-state index is 10.1. The third-order valence-corrected chi connectivity index (χ3v) is 3.38. The minimum Gasteiger partial charge on any atom is -0.542 e. The van der Waals surface area contributed by atoms with Crippen molar-refractivity contribution in [3.8, 4) is 0 Å². The summed E-state index contributed by atoms with van der Waals surface area (Å²) in [6.45, 7) is 14.6. The summed E-state index contributed by atoms with van der Waals surface area (Å²) in [4.78, 5) is 20.0. The second-order valence-electron chi connectivity index (χ2n) is 5.26. The van der Waals surface area contributed by atoms with Gasteiger partial charge >= 0.3 is 0 Å². The van der Waals surface area contributed by atoms with Crippen LogP contribution in [0.3, 0.4) is 0 Å². The van der Waals surface area contributed by atoms with Crippen LogP contribution in [0.2, 0.25) is 0 Å². The molecule has 1 atom stereocenters. The molecular weight excluding hydrogens is 325 g/mol. The van der Waals surface area contributed by atoms with Crippen molar-refractivity contribution in [1.29, 1.82) is 0 Å². The van der Waals surface area contributed by atoms with E-state index in [4.69, 9.17) is 0 Å². The van der Waals surface area contributed by atoms with Crippen LogP contribution in [0.1, 0.15) is 87.0 Å². The number of unbranched alkanes of at least 4 members (excludes halogenated alkanes) is 1. The van der Waals surface area contributed by atoms with E-state index in [1.54, 1.807) is 13.2 Å². The Labute approximate surface area is 152 Å². The molecule has 0 amide bonds. The van der Waals surface area contributed by atoms with Gasteiger partial charge in [-0.25, -0.2) is 0 Å². The van der Waals surface area contributed by atoms with E-state index in [2.05, 4.69) is 34.6 Å². The zero-order valence-corrected chi connectivity index (χ0v) is 17.6. The van der Waals surface area contributed by atoms with Crippen LogP contribution in [0.4, 0.5) is 0 Å². The van der Waals surface area contributed by atoms with Crippen LogP contribution in [0.15, 0.2) is 0 Å². The second-order valence-corrected chi connectivity index (χ2v) is 5.26. The smallest absolute Gasteiger partial charge is 0 e. The molecule has 0 heterocycles. The maximum Gasteiger partial charge on any atom is 0 e. The standard InChI is InChI=1S/C7H10O2.C6H14.C4H10.Y/c1-3-7(2,6-9)4-5-8;1-4-6(3)5-2;1-3-4-2;/h3-4H2,1-2H3;6H,4-5H2,1-3H3;3-4H2,1-2H3;/q-2;;;. The summed E-state index contributed by atoms with van der Waals surface area (Å²) >= 11 is 0. The molecule has 3 heteroatoms. The van der Waals surface area contributed by atoms with Gasteiger partial charge in [-0.15, -0.1) is 0 Å². The average molecular weight is 359 g/mol. The van der Waals surface area contributed by atoms with E-state index >= 15 is 0 Å². The van der Waals surface area contributed by atoms with Crippen molar-refractivity contribution in [3.05, 3.63) is 0 Å². The average Bonchev–Trinajstić information content (AvgIpc) is 2.47. The van der Waals surface area contributed by atoms with Crippen molar-refractivity contribution in [2.24, 2.45) is 11.3 Å². The molecule has 0 bridgehead atoms. The summed E-state index contributed by atoms with van der Waals surface area (Å²) in [5.41, 5.74) is -0.595. The third-order valence-electron chi connectivity index (χ3n) is 3.38. The van der Waals surface area contributed by atoms with Crippen LogP contribution in [-0.2, 0) is 42.3 Å². The minimum atomic E-state index is -0.595. The van der Waals surface area contributed by atoms with Gasteiger partial charge in [0.1, 0.15) is 0 Å². The van der Waals surface area contributed by atoms with Gasteiger partial charge < -0.3 is 9.59 Å². The fraction of sp³-hybridized carbons (Fsp3) is 0.882. The molecule has 119 valence electrons. The number of carbonyl (C=O) groups excluding carboxylic acids is 2. The molecule has 0 aromatic heterocycles. The summed E-state index contributed by atoms with van der Waals surface area (Å²) in [7, 11) is 0. The van der Waals surface area contributed by atoms with E-state index in [-0.39, 0.29) is 39.1 Å². The predicted octanol–water partition coefficient (Wildman–Crippen LogP) is 5.26.